The highest BCUT2D eigenvalue weighted by Gasteiger charge is 2.05. The quantitative estimate of drug-likeness (QED) is 0.400. The summed E-state index contributed by atoms with van der Waals surface area (Å²) < 4.78 is 6.03. The third-order valence-electron chi connectivity index (χ3n) is 4.39. The Bertz CT molecular complexity index is 881. The molecule has 0 aliphatic heterocycles. The first kappa shape index (κ1) is 22.6. The molecule has 0 aromatic heterocycles. The van der Waals surface area contributed by atoms with Gasteiger partial charge in [-0.3, -0.25) is 0 Å². The predicted molar refractivity (Wildman–Crippen MR) is 121 cm³/mol. The highest BCUT2D eigenvalue weighted by molar-refractivity contribution is 6.35. The van der Waals surface area contributed by atoms with Crippen LogP contribution in [-0.4, -0.2) is 6.54 Å². The molecule has 0 heterocycles. The number of benzene rings is 3. The molecule has 0 aliphatic rings. The lowest BCUT2D eigenvalue weighted by atomic mass is 10.1. The first-order valence-electron chi connectivity index (χ1n) is 9.03. The molecule has 28 heavy (non-hydrogen) atoms. The molecule has 0 spiro atoms. The lowest BCUT2D eigenvalue weighted by Crippen LogP contribution is -2.17. The van der Waals surface area contributed by atoms with Gasteiger partial charge in [-0.2, -0.15) is 0 Å². The first-order chi connectivity index (χ1) is 13.1. The molecule has 1 N–H and O–H groups in total. The minimum atomic E-state index is 0. The highest BCUT2D eigenvalue weighted by atomic mass is 35.5. The van der Waals surface area contributed by atoms with Gasteiger partial charge in [0.2, 0.25) is 0 Å². The molecule has 0 aliphatic carbocycles. The summed E-state index contributed by atoms with van der Waals surface area (Å²) in [6.45, 7) is 4.23. The molecule has 0 bridgehead atoms. The third-order valence-corrected chi connectivity index (χ3v) is 4.98. The van der Waals surface area contributed by atoms with Crippen molar-refractivity contribution in [2.24, 2.45) is 0 Å². The lowest BCUT2D eigenvalue weighted by molar-refractivity contribution is 0.302. The maximum absolute atomic E-state index is 6.23. The number of hydrogen-bond donors (Lipinski definition) is 1. The van der Waals surface area contributed by atoms with E-state index >= 15 is 0 Å². The monoisotopic (exact) mass is 435 g/mol. The van der Waals surface area contributed by atoms with E-state index < -0.39 is 0 Å². The lowest BCUT2D eigenvalue weighted by Gasteiger charge is -2.13. The molecule has 0 radical (unpaired) electrons. The molecule has 0 saturated heterocycles. The van der Waals surface area contributed by atoms with Crippen molar-refractivity contribution >= 4 is 35.6 Å². The summed E-state index contributed by atoms with van der Waals surface area (Å²) in [5, 5.41) is 4.84. The summed E-state index contributed by atoms with van der Waals surface area (Å²) in [6.07, 6.45) is 0.850. The molecular formula is C23H24Cl3NO. The number of ether oxygens (including phenoxy) is 1. The van der Waals surface area contributed by atoms with Gasteiger partial charge in [0.05, 0.1) is 0 Å². The summed E-state index contributed by atoms with van der Waals surface area (Å²) >= 11 is 12.2. The Balaban J connectivity index is 0.00000280. The third kappa shape index (κ3) is 6.72. The van der Waals surface area contributed by atoms with Crippen LogP contribution in [0.25, 0.3) is 0 Å². The summed E-state index contributed by atoms with van der Waals surface area (Å²) in [4.78, 5) is 0. The molecule has 2 nitrogen and oxygen atoms in total. The Morgan fingerprint density at radius 1 is 0.893 bits per heavy atom. The summed E-state index contributed by atoms with van der Waals surface area (Å²) in [5.41, 5.74) is 4.66. The van der Waals surface area contributed by atoms with E-state index in [4.69, 9.17) is 27.9 Å². The first-order valence-corrected chi connectivity index (χ1v) is 9.78. The minimum absolute atomic E-state index is 0. The molecule has 3 aromatic carbocycles. The molecule has 3 aromatic rings. The fourth-order valence-corrected chi connectivity index (χ4v) is 3.31. The number of aryl methyl sites for hydroxylation is 1. The van der Waals surface area contributed by atoms with E-state index in [0.29, 0.717) is 16.7 Å². The smallest absolute Gasteiger partial charge is 0.124 e. The van der Waals surface area contributed by atoms with Gasteiger partial charge < -0.3 is 10.1 Å². The van der Waals surface area contributed by atoms with Crippen LogP contribution in [0.2, 0.25) is 10.0 Å². The number of rotatable bonds is 8. The molecule has 0 unspecified atom stereocenters. The Kier molecular flexibility index (Phi) is 9.14. The van der Waals surface area contributed by atoms with Gasteiger partial charge in [-0.25, -0.2) is 0 Å². The van der Waals surface area contributed by atoms with Gasteiger partial charge in [0.1, 0.15) is 12.4 Å². The topological polar surface area (TPSA) is 21.3 Å². The standard InChI is InChI=1S/C23H23Cl2NO.ClH/c1-17-6-8-18(9-7-17)16-27-23-5-3-2-4-20(23)15-26-13-12-19-10-11-21(24)14-22(19)25;/h2-11,14,26H,12-13,15-16H2,1H3;1H. The molecule has 3 rings (SSSR count). The van der Waals surface area contributed by atoms with Gasteiger partial charge in [0, 0.05) is 22.2 Å². The van der Waals surface area contributed by atoms with E-state index in [1.807, 2.05) is 30.3 Å². The highest BCUT2D eigenvalue weighted by Crippen LogP contribution is 2.22. The molecule has 148 valence electrons. The van der Waals surface area contributed by atoms with Crippen LogP contribution in [0.1, 0.15) is 22.3 Å². The fraction of sp³-hybridized carbons (Fsp3) is 0.217. The SMILES string of the molecule is Cc1ccc(COc2ccccc2CNCCc2ccc(Cl)cc2Cl)cc1.Cl. The van der Waals surface area contributed by atoms with Crippen molar-refractivity contribution in [3.05, 3.63) is 99.0 Å². The van der Waals surface area contributed by atoms with Crippen LogP contribution >= 0.6 is 35.6 Å². The van der Waals surface area contributed by atoms with Crippen molar-refractivity contribution < 1.29 is 4.74 Å². The zero-order valence-electron chi connectivity index (χ0n) is 15.8. The van der Waals surface area contributed by atoms with Crippen LogP contribution in [0.5, 0.6) is 5.75 Å². The van der Waals surface area contributed by atoms with E-state index in [2.05, 4.69) is 42.6 Å². The van der Waals surface area contributed by atoms with Crippen molar-refractivity contribution in [1.29, 1.82) is 0 Å². The van der Waals surface area contributed by atoms with Crippen LogP contribution in [0.4, 0.5) is 0 Å². The van der Waals surface area contributed by atoms with Gasteiger partial charge in [-0.1, -0.05) is 77.3 Å². The van der Waals surface area contributed by atoms with Crippen molar-refractivity contribution in [1.82, 2.24) is 5.32 Å². The van der Waals surface area contributed by atoms with E-state index in [1.54, 1.807) is 6.07 Å². The van der Waals surface area contributed by atoms with E-state index in [1.165, 1.54) is 11.1 Å². The van der Waals surface area contributed by atoms with Gasteiger partial charge in [-0.05, 0) is 49.2 Å². The van der Waals surface area contributed by atoms with Crippen molar-refractivity contribution in [3.8, 4) is 5.75 Å². The zero-order valence-corrected chi connectivity index (χ0v) is 18.1. The van der Waals surface area contributed by atoms with Gasteiger partial charge >= 0.3 is 0 Å². The Morgan fingerprint density at radius 2 is 1.64 bits per heavy atom. The van der Waals surface area contributed by atoms with Crippen LogP contribution in [0.3, 0.4) is 0 Å². The van der Waals surface area contributed by atoms with Gasteiger partial charge in [0.15, 0.2) is 0 Å². The molecule has 0 saturated carbocycles. The van der Waals surface area contributed by atoms with Crippen molar-refractivity contribution in [2.75, 3.05) is 6.54 Å². The normalized spacial score (nSPS) is 10.4. The van der Waals surface area contributed by atoms with Gasteiger partial charge in [-0.15, -0.1) is 12.4 Å². The van der Waals surface area contributed by atoms with E-state index in [-0.39, 0.29) is 12.4 Å². The van der Waals surface area contributed by atoms with Crippen LogP contribution in [-0.2, 0) is 19.6 Å². The largest absolute Gasteiger partial charge is 0.489 e. The summed E-state index contributed by atoms with van der Waals surface area (Å²) in [7, 11) is 0. The van der Waals surface area contributed by atoms with Crippen LogP contribution < -0.4 is 10.1 Å². The molecule has 0 fully saturated rings. The van der Waals surface area contributed by atoms with E-state index in [9.17, 15) is 0 Å². The Labute approximate surface area is 183 Å². The second-order valence-corrected chi connectivity index (χ2v) is 7.39. The van der Waals surface area contributed by atoms with Crippen LogP contribution in [0, 0.1) is 6.92 Å². The number of hydrogen-bond acceptors (Lipinski definition) is 2. The van der Waals surface area contributed by atoms with E-state index in [0.717, 1.165) is 36.4 Å². The molecule has 0 amide bonds. The Hall–Kier alpha value is -1.71. The molecule has 5 heteroatoms. The van der Waals surface area contributed by atoms with Gasteiger partial charge in [0.25, 0.3) is 0 Å². The fourth-order valence-electron chi connectivity index (χ4n) is 2.81. The molecule has 0 atom stereocenters. The van der Waals surface area contributed by atoms with Crippen molar-refractivity contribution in [2.45, 2.75) is 26.5 Å². The average Bonchev–Trinajstić information content (AvgIpc) is 2.67. The maximum atomic E-state index is 6.23. The summed E-state index contributed by atoms with van der Waals surface area (Å²) in [6, 6.07) is 22.2. The maximum Gasteiger partial charge on any atom is 0.124 e. The Morgan fingerprint density at radius 3 is 2.39 bits per heavy atom. The average molecular weight is 437 g/mol. The molecular weight excluding hydrogens is 413 g/mol. The number of nitrogens with one attached hydrogen (secondary N) is 1. The summed E-state index contributed by atoms with van der Waals surface area (Å²) in [5.74, 6) is 0.912. The zero-order chi connectivity index (χ0) is 19.1. The van der Waals surface area contributed by atoms with Crippen molar-refractivity contribution in [3.63, 3.8) is 0 Å². The van der Waals surface area contributed by atoms with Crippen LogP contribution in [0.15, 0.2) is 66.7 Å². The minimum Gasteiger partial charge on any atom is -0.489 e. The number of halogens is 3. The number of para-hydroxylation sites is 1. The predicted octanol–water partition coefficient (Wildman–Crippen LogP) is 6.63. The second-order valence-electron chi connectivity index (χ2n) is 6.54. The second kappa shape index (κ2) is 11.3.